The van der Waals surface area contributed by atoms with E-state index in [2.05, 4.69) is 41.5 Å². The largest absolute Gasteiger partial charge is 0.472 e. The van der Waals surface area contributed by atoms with Gasteiger partial charge in [-0.15, -0.1) is 0 Å². The molecule has 0 fully saturated rings. The Labute approximate surface area is 594 Å². The second kappa shape index (κ2) is 69.8. The van der Waals surface area contributed by atoms with E-state index < -0.39 is 97.5 Å². The van der Waals surface area contributed by atoms with Gasteiger partial charge in [-0.05, 0) is 37.5 Å². The SMILES string of the molecule is CCCCCCCCCCCCCCCCCCCCCC(=O)OC[C@H](COP(=O)(O)OC[C@@H](O)COP(=O)(O)OC[C@@H](COC(=O)CCCCCCCCC)OC(=O)CCCCCCCCC(C)C)OC(=O)CCCCCCCCCCCCCCCCCCCCC(C)CC. The first-order chi connectivity index (χ1) is 46.9. The van der Waals surface area contributed by atoms with E-state index in [9.17, 15) is 43.2 Å². The highest BCUT2D eigenvalue weighted by Crippen LogP contribution is 2.45. The molecule has 0 aromatic carbocycles. The molecule has 3 unspecified atom stereocenters. The van der Waals surface area contributed by atoms with Crippen molar-refractivity contribution in [3.8, 4) is 0 Å². The number of carbonyl (C=O) groups excluding carboxylic acids is 4. The zero-order valence-electron chi connectivity index (χ0n) is 63.4. The van der Waals surface area contributed by atoms with Crippen LogP contribution in [0.2, 0.25) is 0 Å². The summed E-state index contributed by atoms with van der Waals surface area (Å²) in [4.78, 5) is 72.6. The lowest BCUT2D eigenvalue weighted by Crippen LogP contribution is -2.30. The molecule has 3 N–H and O–H groups in total. The molecule has 0 saturated carbocycles. The lowest BCUT2D eigenvalue weighted by Gasteiger charge is -2.21. The third kappa shape index (κ3) is 70.9. The van der Waals surface area contributed by atoms with Gasteiger partial charge < -0.3 is 33.8 Å². The third-order valence-corrected chi connectivity index (χ3v) is 20.5. The monoisotopic (exact) mass is 1420 g/mol. The van der Waals surface area contributed by atoms with Crippen molar-refractivity contribution < 1.29 is 80.2 Å². The van der Waals surface area contributed by atoms with Crippen LogP contribution in [0.1, 0.15) is 408 Å². The molecule has 6 atom stereocenters. The van der Waals surface area contributed by atoms with Crippen molar-refractivity contribution in [1.29, 1.82) is 0 Å². The molecule has 576 valence electrons. The highest BCUT2D eigenvalue weighted by molar-refractivity contribution is 7.47. The van der Waals surface area contributed by atoms with Gasteiger partial charge in [0.2, 0.25) is 0 Å². The summed E-state index contributed by atoms with van der Waals surface area (Å²) in [5, 5.41) is 10.6. The predicted molar refractivity (Wildman–Crippen MR) is 395 cm³/mol. The van der Waals surface area contributed by atoms with E-state index >= 15 is 0 Å². The van der Waals surface area contributed by atoms with Crippen LogP contribution in [0, 0.1) is 11.8 Å². The molecule has 0 aliphatic carbocycles. The quantitative estimate of drug-likeness (QED) is 0.0222. The maximum Gasteiger partial charge on any atom is 0.472 e. The fourth-order valence-electron chi connectivity index (χ4n) is 12.0. The van der Waals surface area contributed by atoms with Gasteiger partial charge in [0, 0.05) is 25.7 Å². The molecular weight excluding hydrogens is 1270 g/mol. The van der Waals surface area contributed by atoms with Crippen LogP contribution in [-0.2, 0) is 65.4 Å². The van der Waals surface area contributed by atoms with Crippen LogP contribution in [-0.4, -0.2) is 96.7 Å². The Morgan fingerprint density at radius 3 is 0.784 bits per heavy atom. The zero-order chi connectivity index (χ0) is 71.4. The first-order valence-electron chi connectivity index (χ1n) is 40.5. The van der Waals surface area contributed by atoms with Gasteiger partial charge in [0.1, 0.15) is 19.3 Å². The molecule has 19 heteroatoms. The van der Waals surface area contributed by atoms with Crippen molar-refractivity contribution in [1.82, 2.24) is 0 Å². The van der Waals surface area contributed by atoms with Gasteiger partial charge in [0.05, 0.1) is 26.4 Å². The maximum absolute atomic E-state index is 13.1. The second-order valence-corrected chi connectivity index (χ2v) is 31.7. The fourth-order valence-corrected chi connectivity index (χ4v) is 13.6. The van der Waals surface area contributed by atoms with Crippen LogP contribution in [0.15, 0.2) is 0 Å². The summed E-state index contributed by atoms with van der Waals surface area (Å²) < 4.78 is 68.4. The number of aliphatic hydroxyl groups is 1. The lowest BCUT2D eigenvalue weighted by molar-refractivity contribution is -0.161. The molecule has 0 bridgehead atoms. The van der Waals surface area contributed by atoms with Crippen LogP contribution in [0.4, 0.5) is 0 Å². The van der Waals surface area contributed by atoms with Crippen LogP contribution < -0.4 is 0 Å². The first kappa shape index (κ1) is 95.1. The molecule has 0 radical (unpaired) electrons. The number of unbranched alkanes of at least 4 members (excludes halogenated alkanes) is 46. The van der Waals surface area contributed by atoms with E-state index in [1.165, 1.54) is 212 Å². The van der Waals surface area contributed by atoms with Crippen LogP contribution >= 0.6 is 15.6 Å². The minimum atomic E-state index is -4.96. The molecule has 0 rings (SSSR count). The molecule has 0 aliphatic rings. The number of aliphatic hydroxyl groups excluding tert-OH is 1. The molecular formula is C78H152O17P2. The first-order valence-corrected chi connectivity index (χ1v) is 43.5. The van der Waals surface area contributed by atoms with Gasteiger partial charge in [-0.1, -0.05) is 356 Å². The molecule has 0 amide bonds. The summed E-state index contributed by atoms with van der Waals surface area (Å²) in [6.07, 6.45) is 58.8. The standard InChI is InChI=1S/C78H152O17P2/c1-7-10-12-14-16-17-18-19-20-21-22-26-29-32-35-38-42-49-55-61-76(81)89-67-73(94-77(82)62-56-50-43-39-36-33-30-27-24-23-25-28-31-34-37-41-47-53-59-71(6)9-3)68-92-96(84,85)90-64-72(79)65-91-97(86,87)93-69-74(66-88-75(80)60-54-48-40-15-13-11-8-2)95-78(83)63-57-51-45-44-46-52-58-70(4)5/h70-74,79H,7-69H2,1-6H3,(H,84,85)(H,86,87)/t71?,72-,73-,74-/m1/s1. The highest BCUT2D eigenvalue weighted by Gasteiger charge is 2.30. The molecule has 0 aliphatic heterocycles. The van der Waals surface area contributed by atoms with Crippen molar-refractivity contribution in [3.63, 3.8) is 0 Å². The summed E-state index contributed by atoms with van der Waals surface area (Å²) in [6.45, 7) is 9.53. The number of carbonyl (C=O) groups is 4. The topological polar surface area (TPSA) is 237 Å². The molecule has 0 aromatic rings. The normalized spacial score (nSPS) is 14.2. The Hall–Kier alpha value is -1.94. The molecule has 0 saturated heterocycles. The van der Waals surface area contributed by atoms with Crippen LogP contribution in [0.25, 0.3) is 0 Å². The van der Waals surface area contributed by atoms with Crippen molar-refractivity contribution in [2.24, 2.45) is 11.8 Å². The van der Waals surface area contributed by atoms with Crippen molar-refractivity contribution in [3.05, 3.63) is 0 Å². The van der Waals surface area contributed by atoms with E-state index in [1.54, 1.807) is 0 Å². The number of hydrogen-bond donors (Lipinski definition) is 3. The van der Waals surface area contributed by atoms with Gasteiger partial charge >= 0.3 is 39.5 Å². The lowest BCUT2D eigenvalue weighted by atomic mass is 9.99. The Morgan fingerprint density at radius 1 is 0.299 bits per heavy atom. The molecule has 97 heavy (non-hydrogen) atoms. The number of esters is 4. The van der Waals surface area contributed by atoms with Gasteiger partial charge in [0.25, 0.3) is 0 Å². The number of ether oxygens (including phenoxy) is 4. The van der Waals surface area contributed by atoms with E-state index in [-0.39, 0.29) is 25.7 Å². The Morgan fingerprint density at radius 2 is 0.526 bits per heavy atom. The van der Waals surface area contributed by atoms with E-state index in [1.807, 2.05) is 0 Å². The van der Waals surface area contributed by atoms with Crippen LogP contribution in [0.3, 0.4) is 0 Å². The van der Waals surface area contributed by atoms with Crippen molar-refractivity contribution in [2.45, 2.75) is 426 Å². The molecule has 17 nitrogen and oxygen atoms in total. The van der Waals surface area contributed by atoms with Gasteiger partial charge in [-0.2, -0.15) is 0 Å². The van der Waals surface area contributed by atoms with Gasteiger partial charge in [0.15, 0.2) is 12.2 Å². The van der Waals surface area contributed by atoms with Crippen LogP contribution in [0.5, 0.6) is 0 Å². The molecule has 0 heterocycles. The average Bonchev–Trinajstić information content (AvgIpc) is 1.54. The fraction of sp³-hybridized carbons (Fsp3) is 0.949. The summed E-state index contributed by atoms with van der Waals surface area (Å²) in [6, 6.07) is 0. The van der Waals surface area contributed by atoms with Gasteiger partial charge in [-0.3, -0.25) is 37.3 Å². The number of phosphoric ester groups is 2. The van der Waals surface area contributed by atoms with Crippen molar-refractivity contribution >= 4 is 39.5 Å². The van der Waals surface area contributed by atoms with Crippen molar-refractivity contribution in [2.75, 3.05) is 39.6 Å². The zero-order valence-corrected chi connectivity index (χ0v) is 65.2. The number of phosphoric acid groups is 2. The summed E-state index contributed by atoms with van der Waals surface area (Å²) in [5.74, 6) is -0.583. The van der Waals surface area contributed by atoms with E-state index in [0.29, 0.717) is 31.6 Å². The van der Waals surface area contributed by atoms with E-state index in [0.717, 1.165) is 109 Å². The smallest absolute Gasteiger partial charge is 0.462 e. The Bertz CT molecular complexity index is 1870. The predicted octanol–water partition coefficient (Wildman–Crippen LogP) is 23.1. The number of rotatable bonds is 77. The minimum Gasteiger partial charge on any atom is -0.462 e. The summed E-state index contributed by atoms with van der Waals surface area (Å²) in [5.41, 5.74) is 0. The Kier molecular flexibility index (Phi) is 68.4. The average molecular weight is 1420 g/mol. The van der Waals surface area contributed by atoms with Gasteiger partial charge in [-0.25, -0.2) is 9.13 Å². The molecule has 0 spiro atoms. The second-order valence-electron chi connectivity index (χ2n) is 28.8. The molecule has 0 aromatic heterocycles. The minimum absolute atomic E-state index is 0.102. The third-order valence-electron chi connectivity index (χ3n) is 18.6. The van der Waals surface area contributed by atoms with E-state index in [4.69, 9.17) is 37.0 Å². The highest BCUT2D eigenvalue weighted by atomic mass is 31.2. The summed E-state index contributed by atoms with van der Waals surface area (Å²) >= 11 is 0. The Balaban J connectivity index is 5.13. The number of hydrogen-bond acceptors (Lipinski definition) is 15. The summed E-state index contributed by atoms with van der Waals surface area (Å²) in [7, 11) is -9.90. The maximum atomic E-state index is 13.1.